The number of aromatic nitrogens is 2. The molecule has 0 aliphatic carbocycles. The lowest BCUT2D eigenvalue weighted by molar-refractivity contribution is 0.479. The van der Waals surface area contributed by atoms with Crippen LogP contribution in [0.4, 0.5) is 11.4 Å². The van der Waals surface area contributed by atoms with E-state index in [9.17, 15) is 0 Å². The summed E-state index contributed by atoms with van der Waals surface area (Å²) in [6.07, 6.45) is 6.34. The molecule has 7 aromatic carbocycles. The second kappa shape index (κ2) is 17.3. The first kappa shape index (κ1) is 45.4. The highest BCUT2D eigenvalue weighted by Gasteiger charge is 2.28. The van der Waals surface area contributed by atoms with E-state index in [1.54, 1.807) is 0 Å². The number of hydrogen-bond acceptors (Lipinski definition) is 4. The fourth-order valence-electron chi connectivity index (χ4n) is 9.82. The van der Waals surface area contributed by atoms with E-state index in [4.69, 9.17) is 9.72 Å². The molecule has 1 aliphatic rings. The summed E-state index contributed by atoms with van der Waals surface area (Å²) in [7, 11) is 0. The fourth-order valence-corrected chi connectivity index (χ4v) is 9.82. The predicted octanol–water partition coefficient (Wildman–Crippen LogP) is 16.6. The molecule has 5 heteroatoms. The number of hydrogen-bond donors (Lipinski definition) is 0. The van der Waals surface area contributed by atoms with Crippen molar-refractivity contribution in [1.82, 2.24) is 9.55 Å². The lowest BCUT2D eigenvalue weighted by Crippen LogP contribution is -2.26. The van der Waals surface area contributed by atoms with Crippen molar-refractivity contribution in [3.05, 3.63) is 228 Å². The van der Waals surface area contributed by atoms with Gasteiger partial charge in [-0.15, -0.1) is 0 Å². The third-order valence-corrected chi connectivity index (χ3v) is 14.4. The Morgan fingerprint density at radius 3 is 1.64 bits per heavy atom. The van der Waals surface area contributed by atoms with Crippen LogP contribution in [0.3, 0.4) is 0 Å². The van der Waals surface area contributed by atoms with Crippen molar-refractivity contribution in [1.29, 1.82) is 0 Å². The van der Waals surface area contributed by atoms with E-state index in [-0.39, 0.29) is 21.7 Å². The molecule has 346 valence electrons. The van der Waals surface area contributed by atoms with Crippen LogP contribution in [-0.4, -0.2) is 16.2 Å². The number of benzene rings is 7. The van der Waals surface area contributed by atoms with E-state index in [2.05, 4.69) is 272 Å². The molecule has 0 atom stereocenters. The van der Waals surface area contributed by atoms with Crippen LogP contribution in [0.2, 0.25) is 0 Å². The zero-order valence-electron chi connectivity index (χ0n) is 41.9. The van der Waals surface area contributed by atoms with Crippen LogP contribution in [0.25, 0.3) is 38.8 Å². The van der Waals surface area contributed by atoms with Gasteiger partial charge in [-0.25, -0.2) is 4.98 Å². The minimum Gasteiger partial charge on any atom is -0.457 e. The van der Waals surface area contributed by atoms with Crippen LogP contribution in [0.1, 0.15) is 103 Å². The first-order valence-electron chi connectivity index (χ1n) is 24.4. The van der Waals surface area contributed by atoms with Crippen molar-refractivity contribution in [3.63, 3.8) is 0 Å². The standard InChI is InChI=1S/C64H64N4O/c1-61(2,3)48-30-31-65-60(40-48)68-58-29-26-49(63(7,8)46-22-16-12-17-23-46)39-57(58)56-28-27-54(42-59(56)68)69-55-38-50(62(4,5)6)36-53(41-55)67-33-32-66(43-67)52-35-45(44-20-14-11-15-21-44)34-51(37-52)64(9,10)47-24-18-13-19-25-47/h11-42H,43H2,1-10H3. The van der Waals surface area contributed by atoms with E-state index in [0.29, 0.717) is 6.67 Å². The Bertz CT molecular complexity index is 3350. The highest BCUT2D eigenvalue weighted by atomic mass is 16.5. The summed E-state index contributed by atoms with van der Waals surface area (Å²) in [6.45, 7) is 23.5. The summed E-state index contributed by atoms with van der Waals surface area (Å²) in [6, 6.07) is 63.9. The van der Waals surface area contributed by atoms with Gasteiger partial charge in [0, 0.05) is 63.7 Å². The molecule has 0 spiro atoms. The van der Waals surface area contributed by atoms with Crippen molar-refractivity contribution >= 4 is 33.2 Å². The van der Waals surface area contributed by atoms with Crippen molar-refractivity contribution in [2.24, 2.45) is 0 Å². The summed E-state index contributed by atoms with van der Waals surface area (Å²) in [5.41, 5.74) is 13.8. The van der Waals surface area contributed by atoms with Crippen molar-refractivity contribution in [3.8, 4) is 28.4 Å². The van der Waals surface area contributed by atoms with Crippen LogP contribution < -0.4 is 14.5 Å². The monoisotopic (exact) mass is 905 g/mol. The molecule has 0 saturated carbocycles. The average molecular weight is 905 g/mol. The quantitative estimate of drug-likeness (QED) is 0.137. The average Bonchev–Trinajstić information content (AvgIpc) is 3.98. The number of anilines is 2. The largest absolute Gasteiger partial charge is 0.457 e. The Balaban J connectivity index is 1.02. The van der Waals surface area contributed by atoms with Gasteiger partial charge in [-0.1, -0.05) is 172 Å². The molecule has 0 unspecified atom stereocenters. The lowest BCUT2D eigenvalue weighted by atomic mass is 9.77. The molecule has 0 bridgehead atoms. The maximum absolute atomic E-state index is 7.00. The third kappa shape index (κ3) is 8.83. The van der Waals surface area contributed by atoms with Gasteiger partial charge >= 0.3 is 0 Å². The van der Waals surface area contributed by atoms with E-state index in [0.717, 1.165) is 45.1 Å². The second-order valence-electron chi connectivity index (χ2n) is 22.0. The Labute approximate surface area is 409 Å². The van der Waals surface area contributed by atoms with Gasteiger partial charge in [-0.3, -0.25) is 4.57 Å². The van der Waals surface area contributed by atoms with Gasteiger partial charge in [-0.05, 0) is 116 Å². The zero-order chi connectivity index (χ0) is 48.3. The van der Waals surface area contributed by atoms with Crippen LogP contribution in [0.15, 0.2) is 195 Å². The van der Waals surface area contributed by atoms with Gasteiger partial charge in [0.15, 0.2) is 0 Å². The molecule has 0 radical (unpaired) electrons. The van der Waals surface area contributed by atoms with E-state index < -0.39 is 0 Å². The molecule has 0 amide bonds. The number of rotatable bonds is 10. The van der Waals surface area contributed by atoms with Gasteiger partial charge in [0.25, 0.3) is 0 Å². The third-order valence-electron chi connectivity index (χ3n) is 14.4. The summed E-state index contributed by atoms with van der Waals surface area (Å²) < 4.78 is 9.31. The van der Waals surface area contributed by atoms with E-state index in [1.807, 2.05) is 6.20 Å². The molecule has 3 heterocycles. The van der Waals surface area contributed by atoms with Crippen LogP contribution in [0.5, 0.6) is 11.5 Å². The molecule has 9 aromatic rings. The molecular weight excluding hydrogens is 841 g/mol. The van der Waals surface area contributed by atoms with Crippen molar-refractivity contribution < 1.29 is 4.74 Å². The van der Waals surface area contributed by atoms with Gasteiger partial charge < -0.3 is 14.5 Å². The summed E-state index contributed by atoms with van der Waals surface area (Å²) in [4.78, 5) is 9.68. The molecule has 2 aromatic heterocycles. The van der Waals surface area contributed by atoms with Gasteiger partial charge in [0.2, 0.25) is 0 Å². The minimum atomic E-state index is -0.205. The van der Waals surface area contributed by atoms with E-state index >= 15 is 0 Å². The summed E-state index contributed by atoms with van der Waals surface area (Å²) in [5, 5.41) is 2.34. The SMILES string of the molecule is CC(C)(C)c1cc(Oc2ccc3c4cc(C(C)(C)c5ccccc5)ccc4n(-c4cc(C(C)(C)C)ccn4)c3c2)cc(N2C=CN(c3cc(-c4ccccc4)cc(C(C)(C)c4ccccc4)c3)C2)c1. The van der Waals surface area contributed by atoms with Gasteiger partial charge in [0.05, 0.1) is 17.7 Å². The summed E-state index contributed by atoms with van der Waals surface area (Å²) in [5.74, 6) is 2.45. The first-order chi connectivity index (χ1) is 32.9. The Morgan fingerprint density at radius 1 is 0.406 bits per heavy atom. The highest BCUT2D eigenvalue weighted by molar-refractivity contribution is 6.10. The number of fused-ring (bicyclic) bond motifs is 3. The molecule has 10 rings (SSSR count). The van der Waals surface area contributed by atoms with Crippen LogP contribution >= 0.6 is 0 Å². The lowest BCUT2D eigenvalue weighted by Gasteiger charge is -2.29. The zero-order valence-corrected chi connectivity index (χ0v) is 41.9. The fraction of sp³-hybridized carbons (Fsp3) is 0.234. The molecule has 1 aliphatic heterocycles. The highest BCUT2D eigenvalue weighted by Crippen LogP contribution is 2.42. The first-order valence-corrected chi connectivity index (χ1v) is 24.4. The molecule has 0 saturated heterocycles. The molecule has 0 N–H and O–H groups in total. The van der Waals surface area contributed by atoms with Gasteiger partial charge in [0.1, 0.15) is 17.3 Å². The smallest absolute Gasteiger partial charge is 0.137 e. The van der Waals surface area contributed by atoms with Crippen LogP contribution in [0, 0.1) is 0 Å². The number of ether oxygens (including phenoxy) is 1. The van der Waals surface area contributed by atoms with E-state index in [1.165, 1.54) is 49.9 Å². The predicted molar refractivity (Wildman–Crippen MR) is 290 cm³/mol. The minimum absolute atomic E-state index is 0.0383. The molecule has 0 fully saturated rings. The Kier molecular flexibility index (Phi) is 11.4. The van der Waals surface area contributed by atoms with Crippen molar-refractivity contribution in [2.75, 3.05) is 16.5 Å². The maximum atomic E-state index is 7.00. The van der Waals surface area contributed by atoms with Crippen molar-refractivity contribution in [2.45, 2.75) is 90.9 Å². The second-order valence-corrected chi connectivity index (χ2v) is 22.0. The number of pyridine rings is 1. The summed E-state index contributed by atoms with van der Waals surface area (Å²) >= 11 is 0. The topological polar surface area (TPSA) is 33.5 Å². The molecular formula is C64H64N4O. The Hall–Kier alpha value is -7.37. The van der Waals surface area contributed by atoms with Crippen LogP contribution in [-0.2, 0) is 21.7 Å². The normalized spacial score (nSPS) is 13.5. The maximum Gasteiger partial charge on any atom is 0.137 e. The molecule has 69 heavy (non-hydrogen) atoms. The Morgan fingerprint density at radius 2 is 1.00 bits per heavy atom. The number of nitrogens with zero attached hydrogens (tertiary/aromatic N) is 4. The molecule has 5 nitrogen and oxygen atoms in total. The van der Waals surface area contributed by atoms with Gasteiger partial charge in [-0.2, -0.15) is 0 Å².